The number of rotatable bonds is 6. The maximum atomic E-state index is 4.54. The van der Waals surface area contributed by atoms with Gasteiger partial charge in [0, 0.05) is 23.9 Å². The molecule has 108 valence electrons. The van der Waals surface area contributed by atoms with Crippen LogP contribution in [0.4, 0.5) is 0 Å². The molecule has 0 aliphatic carbocycles. The SMILES string of the molecule is CCNC(Cc1cncc(Br)c1)c1cc(CC)nn1C. The van der Waals surface area contributed by atoms with E-state index in [9.17, 15) is 0 Å². The Bertz CT molecular complexity index is 565. The van der Waals surface area contributed by atoms with Crippen molar-refractivity contribution in [2.24, 2.45) is 7.05 Å². The highest BCUT2D eigenvalue weighted by Gasteiger charge is 2.16. The zero-order valence-electron chi connectivity index (χ0n) is 12.2. The van der Waals surface area contributed by atoms with Crippen LogP contribution in [0.15, 0.2) is 29.0 Å². The summed E-state index contributed by atoms with van der Waals surface area (Å²) in [7, 11) is 2.01. The third-order valence-corrected chi connectivity index (χ3v) is 3.77. The second kappa shape index (κ2) is 6.99. The highest BCUT2D eigenvalue weighted by Crippen LogP contribution is 2.20. The van der Waals surface area contributed by atoms with Crippen LogP contribution in [0.3, 0.4) is 0 Å². The summed E-state index contributed by atoms with van der Waals surface area (Å²) >= 11 is 3.48. The van der Waals surface area contributed by atoms with Crippen molar-refractivity contribution in [3.63, 3.8) is 0 Å². The van der Waals surface area contributed by atoms with Crippen LogP contribution < -0.4 is 5.32 Å². The van der Waals surface area contributed by atoms with Crippen LogP contribution in [-0.2, 0) is 19.9 Å². The van der Waals surface area contributed by atoms with Gasteiger partial charge in [0.05, 0.1) is 17.4 Å². The lowest BCUT2D eigenvalue weighted by Gasteiger charge is -2.18. The highest BCUT2D eigenvalue weighted by molar-refractivity contribution is 9.10. The summed E-state index contributed by atoms with van der Waals surface area (Å²) in [6.07, 6.45) is 5.60. The van der Waals surface area contributed by atoms with E-state index in [0.29, 0.717) is 0 Å². The molecule has 1 atom stereocenters. The lowest BCUT2D eigenvalue weighted by atomic mass is 10.0. The van der Waals surface area contributed by atoms with Gasteiger partial charge in [-0.3, -0.25) is 9.67 Å². The summed E-state index contributed by atoms with van der Waals surface area (Å²) in [5, 5.41) is 8.08. The Balaban J connectivity index is 2.24. The maximum absolute atomic E-state index is 4.54. The van der Waals surface area contributed by atoms with E-state index in [1.165, 1.54) is 11.3 Å². The lowest BCUT2D eigenvalue weighted by molar-refractivity contribution is 0.507. The number of pyridine rings is 1. The van der Waals surface area contributed by atoms with Crippen LogP contribution in [0, 0.1) is 0 Å². The molecule has 0 spiro atoms. The van der Waals surface area contributed by atoms with Crippen molar-refractivity contribution in [2.45, 2.75) is 32.7 Å². The minimum Gasteiger partial charge on any atom is -0.309 e. The average molecular weight is 337 g/mol. The van der Waals surface area contributed by atoms with Gasteiger partial charge < -0.3 is 5.32 Å². The molecule has 0 amide bonds. The summed E-state index contributed by atoms with van der Waals surface area (Å²) in [5.74, 6) is 0. The smallest absolute Gasteiger partial charge is 0.0625 e. The molecule has 2 heterocycles. The van der Waals surface area contributed by atoms with E-state index in [1.807, 2.05) is 24.1 Å². The summed E-state index contributed by atoms with van der Waals surface area (Å²) in [4.78, 5) is 4.24. The van der Waals surface area contributed by atoms with Crippen molar-refractivity contribution in [3.05, 3.63) is 46.0 Å². The van der Waals surface area contributed by atoms with Gasteiger partial charge >= 0.3 is 0 Å². The normalized spacial score (nSPS) is 12.6. The van der Waals surface area contributed by atoms with E-state index in [1.54, 1.807) is 0 Å². The van der Waals surface area contributed by atoms with Crippen molar-refractivity contribution < 1.29 is 0 Å². The van der Waals surface area contributed by atoms with Gasteiger partial charge in [-0.1, -0.05) is 13.8 Å². The standard InChI is InChI=1S/C15H21BrN4/c1-4-13-8-15(20(3)19-13)14(18-5-2)7-11-6-12(16)10-17-9-11/h6,8-10,14,18H,4-5,7H2,1-3H3. The second-order valence-corrected chi connectivity index (χ2v) is 5.78. The Labute approximate surface area is 128 Å². The molecule has 1 unspecified atom stereocenters. The first-order valence-corrected chi connectivity index (χ1v) is 7.79. The Kier molecular flexibility index (Phi) is 5.31. The molecule has 5 heteroatoms. The van der Waals surface area contributed by atoms with Crippen molar-refractivity contribution in [1.29, 1.82) is 0 Å². The van der Waals surface area contributed by atoms with Gasteiger partial charge in [-0.25, -0.2) is 0 Å². The zero-order valence-corrected chi connectivity index (χ0v) is 13.8. The van der Waals surface area contributed by atoms with Gasteiger partial charge in [0.1, 0.15) is 0 Å². The average Bonchev–Trinajstić information content (AvgIpc) is 2.80. The van der Waals surface area contributed by atoms with Crippen molar-refractivity contribution in [3.8, 4) is 0 Å². The third-order valence-electron chi connectivity index (χ3n) is 3.34. The predicted molar refractivity (Wildman–Crippen MR) is 84.6 cm³/mol. The molecule has 0 saturated carbocycles. The van der Waals surface area contributed by atoms with E-state index < -0.39 is 0 Å². The van der Waals surface area contributed by atoms with Gasteiger partial charge in [0.15, 0.2) is 0 Å². The monoisotopic (exact) mass is 336 g/mol. The largest absolute Gasteiger partial charge is 0.309 e. The van der Waals surface area contributed by atoms with Gasteiger partial charge in [-0.05, 0) is 53.0 Å². The highest BCUT2D eigenvalue weighted by atomic mass is 79.9. The molecule has 1 N–H and O–H groups in total. The van der Waals surface area contributed by atoms with Gasteiger partial charge in [-0.15, -0.1) is 0 Å². The minimum atomic E-state index is 0.258. The third kappa shape index (κ3) is 3.67. The molecule has 4 nitrogen and oxygen atoms in total. The van der Waals surface area contributed by atoms with E-state index in [4.69, 9.17) is 0 Å². The zero-order chi connectivity index (χ0) is 14.5. The van der Waals surface area contributed by atoms with Crippen molar-refractivity contribution in [1.82, 2.24) is 20.1 Å². The number of nitrogens with one attached hydrogen (secondary N) is 1. The molecule has 2 aromatic rings. The number of likely N-dealkylation sites (N-methyl/N-ethyl adjacent to an activating group) is 1. The number of aromatic nitrogens is 3. The van der Waals surface area contributed by atoms with E-state index in [-0.39, 0.29) is 6.04 Å². The summed E-state index contributed by atoms with van der Waals surface area (Å²) in [6, 6.07) is 4.57. The molecule has 0 aliphatic heterocycles. The van der Waals surface area contributed by atoms with Crippen LogP contribution in [-0.4, -0.2) is 21.3 Å². The summed E-state index contributed by atoms with van der Waals surface area (Å²) in [5.41, 5.74) is 3.58. The summed E-state index contributed by atoms with van der Waals surface area (Å²) < 4.78 is 3.00. The molecule has 0 bridgehead atoms. The summed E-state index contributed by atoms with van der Waals surface area (Å²) in [6.45, 7) is 5.19. The number of aryl methyl sites for hydroxylation is 2. The molecule has 0 aromatic carbocycles. The van der Waals surface area contributed by atoms with Crippen molar-refractivity contribution in [2.75, 3.05) is 6.54 Å². The molecule has 0 radical (unpaired) electrons. The first kappa shape index (κ1) is 15.2. The quantitative estimate of drug-likeness (QED) is 0.881. The first-order chi connectivity index (χ1) is 9.63. The topological polar surface area (TPSA) is 42.7 Å². The molecule has 0 saturated heterocycles. The number of hydrogen-bond donors (Lipinski definition) is 1. The Morgan fingerprint density at radius 1 is 1.30 bits per heavy atom. The Morgan fingerprint density at radius 3 is 2.70 bits per heavy atom. The lowest BCUT2D eigenvalue weighted by Crippen LogP contribution is -2.25. The fourth-order valence-corrected chi connectivity index (χ4v) is 2.79. The first-order valence-electron chi connectivity index (χ1n) is 6.99. The molecular formula is C15H21BrN4. The number of nitrogens with zero attached hydrogens (tertiary/aromatic N) is 3. The van der Waals surface area contributed by atoms with E-state index >= 15 is 0 Å². The van der Waals surface area contributed by atoms with Crippen LogP contribution in [0.5, 0.6) is 0 Å². The Morgan fingerprint density at radius 2 is 2.10 bits per heavy atom. The van der Waals surface area contributed by atoms with Crippen LogP contribution >= 0.6 is 15.9 Å². The molecule has 0 aliphatic rings. The predicted octanol–water partition coefficient (Wildman–Crippen LogP) is 3.03. The molecule has 2 rings (SSSR count). The second-order valence-electron chi connectivity index (χ2n) is 4.86. The molecule has 2 aromatic heterocycles. The minimum absolute atomic E-state index is 0.258. The molecular weight excluding hydrogens is 316 g/mol. The van der Waals surface area contributed by atoms with E-state index in [0.717, 1.165) is 29.6 Å². The van der Waals surface area contributed by atoms with Crippen molar-refractivity contribution >= 4 is 15.9 Å². The number of hydrogen-bond acceptors (Lipinski definition) is 3. The fourth-order valence-electron chi connectivity index (χ4n) is 2.37. The van der Waals surface area contributed by atoms with Gasteiger partial charge in [-0.2, -0.15) is 5.10 Å². The Hall–Kier alpha value is -1.20. The van der Waals surface area contributed by atoms with Gasteiger partial charge in [0.2, 0.25) is 0 Å². The van der Waals surface area contributed by atoms with Crippen LogP contribution in [0.25, 0.3) is 0 Å². The molecule has 0 fully saturated rings. The van der Waals surface area contributed by atoms with Crippen LogP contribution in [0.1, 0.15) is 36.8 Å². The van der Waals surface area contributed by atoms with E-state index in [2.05, 4.69) is 57.3 Å². The number of halogens is 1. The van der Waals surface area contributed by atoms with Crippen LogP contribution in [0.2, 0.25) is 0 Å². The van der Waals surface area contributed by atoms with Gasteiger partial charge in [0.25, 0.3) is 0 Å². The maximum Gasteiger partial charge on any atom is 0.0625 e. The fraction of sp³-hybridized carbons (Fsp3) is 0.467. The molecule has 20 heavy (non-hydrogen) atoms.